The first kappa shape index (κ1) is 8.94. The Balaban J connectivity index is 0. The van der Waals surface area contributed by atoms with Gasteiger partial charge in [0.05, 0.1) is 0 Å². The predicted molar refractivity (Wildman–Crippen MR) is 26.8 cm³/mol. The van der Waals surface area contributed by atoms with Crippen molar-refractivity contribution in [1.29, 1.82) is 0 Å². The van der Waals surface area contributed by atoms with Gasteiger partial charge in [0, 0.05) is 13.8 Å². The van der Waals surface area contributed by atoms with Crippen molar-refractivity contribution in [2.24, 2.45) is 10.1 Å². The lowest BCUT2D eigenvalue weighted by Gasteiger charge is -1.43. The average molecular weight is 88.1 g/mol. The van der Waals surface area contributed by atoms with Crippen LogP contribution >= 0.6 is 0 Å². The molecule has 0 saturated heterocycles. The molecule has 0 heterocycles. The molecule has 0 aliphatic rings. The fourth-order valence-corrected chi connectivity index (χ4v) is 0. The Kier molecular flexibility index (Phi) is 46.8. The van der Waals surface area contributed by atoms with E-state index in [4.69, 9.17) is 5.21 Å². The fraction of sp³-hybridized carbons (Fsp3) is 0.333. The lowest BCUT2D eigenvalue weighted by atomic mass is 11.4. The van der Waals surface area contributed by atoms with Crippen LogP contribution in [-0.2, 0) is 0 Å². The molecule has 36 valence electrons. The van der Waals surface area contributed by atoms with Crippen molar-refractivity contribution in [3.63, 3.8) is 0 Å². The fourth-order valence-electron chi connectivity index (χ4n) is 0. The Bertz CT molecular complexity index is 29.8. The van der Waals surface area contributed by atoms with Gasteiger partial charge in [0.15, 0.2) is 0 Å². The number of rotatable bonds is 0. The van der Waals surface area contributed by atoms with E-state index >= 15 is 0 Å². The molecule has 3 nitrogen and oxygen atoms in total. The summed E-state index contributed by atoms with van der Waals surface area (Å²) < 4.78 is 0. The van der Waals surface area contributed by atoms with Crippen LogP contribution in [0, 0.1) is 0 Å². The zero-order chi connectivity index (χ0) is 5.41. The minimum Gasteiger partial charge on any atom is -0.411 e. The van der Waals surface area contributed by atoms with Crippen molar-refractivity contribution in [3.05, 3.63) is 0 Å². The summed E-state index contributed by atoms with van der Waals surface area (Å²) in [5, 5.41) is 9.33. The summed E-state index contributed by atoms with van der Waals surface area (Å²) in [4.78, 5) is 3.25. The second kappa shape index (κ2) is 31.4. The minimum atomic E-state index is 1.64. The molecule has 0 aliphatic heterocycles. The largest absolute Gasteiger partial charge is 0.411 e. The van der Waals surface area contributed by atoms with Gasteiger partial charge in [0.1, 0.15) is 0 Å². The van der Waals surface area contributed by atoms with E-state index in [1.807, 2.05) is 0 Å². The van der Waals surface area contributed by atoms with Crippen LogP contribution in [0.3, 0.4) is 0 Å². The molecule has 0 spiro atoms. The molecule has 0 atom stereocenters. The topological polar surface area (TPSA) is 45.0 Å². The van der Waals surface area contributed by atoms with Crippen LogP contribution in [0.1, 0.15) is 0 Å². The highest BCUT2D eigenvalue weighted by Crippen LogP contribution is 1.22. The molecule has 0 aromatic rings. The summed E-state index contributed by atoms with van der Waals surface area (Å²) in [6, 6.07) is 0. The normalized spacial score (nSPS) is 4.17. The number of aliphatic imine (C=N–C) groups is 1. The summed E-state index contributed by atoms with van der Waals surface area (Å²) in [5.74, 6) is 0. The summed E-state index contributed by atoms with van der Waals surface area (Å²) in [7, 11) is 1.64. The molecule has 0 radical (unpaired) electrons. The Hall–Kier alpha value is -0.860. The molecule has 1 N–H and O–H groups in total. The van der Waals surface area contributed by atoms with Crippen LogP contribution in [0.15, 0.2) is 10.1 Å². The molecule has 0 saturated carbocycles. The van der Waals surface area contributed by atoms with E-state index in [1.165, 1.54) is 0 Å². The molecular formula is C3H8N2O. The average Bonchev–Trinajstić information content (AvgIpc) is 1.39. The van der Waals surface area contributed by atoms with E-state index < -0.39 is 0 Å². The minimum absolute atomic E-state index is 1.64. The SMILES string of the molecule is C=NC.C=NO. The van der Waals surface area contributed by atoms with E-state index in [9.17, 15) is 0 Å². The number of hydrogen-bond donors (Lipinski definition) is 1. The Morgan fingerprint density at radius 1 is 1.50 bits per heavy atom. The van der Waals surface area contributed by atoms with E-state index in [0.29, 0.717) is 0 Å². The second-order valence-corrected chi connectivity index (χ2v) is 0.458. The zero-order valence-electron chi connectivity index (χ0n) is 3.76. The van der Waals surface area contributed by atoms with E-state index in [2.05, 4.69) is 23.6 Å². The van der Waals surface area contributed by atoms with Crippen molar-refractivity contribution in [2.75, 3.05) is 7.05 Å². The molecule has 0 aromatic carbocycles. The van der Waals surface area contributed by atoms with Gasteiger partial charge in [-0.2, -0.15) is 0 Å². The van der Waals surface area contributed by atoms with Crippen molar-refractivity contribution in [3.8, 4) is 0 Å². The Labute approximate surface area is 37.0 Å². The highest BCUT2D eigenvalue weighted by atomic mass is 16.4. The molecule has 0 unspecified atom stereocenters. The molecule has 3 heteroatoms. The van der Waals surface area contributed by atoms with Crippen LogP contribution in [0.5, 0.6) is 0 Å². The Morgan fingerprint density at radius 2 is 1.50 bits per heavy atom. The summed E-state index contributed by atoms with van der Waals surface area (Å²) in [6.07, 6.45) is 0. The number of nitrogens with zero attached hydrogens (tertiary/aromatic N) is 2. The van der Waals surface area contributed by atoms with Gasteiger partial charge in [-0.3, -0.25) is 0 Å². The van der Waals surface area contributed by atoms with Gasteiger partial charge in [-0.05, 0) is 6.72 Å². The van der Waals surface area contributed by atoms with Crippen LogP contribution in [0.2, 0.25) is 0 Å². The Morgan fingerprint density at radius 3 is 1.50 bits per heavy atom. The first-order valence-electron chi connectivity index (χ1n) is 1.28. The maximum atomic E-state index is 7.08. The van der Waals surface area contributed by atoms with Crippen molar-refractivity contribution in [1.82, 2.24) is 0 Å². The summed E-state index contributed by atoms with van der Waals surface area (Å²) in [6.45, 7) is 5.78. The number of hydrogen-bond acceptors (Lipinski definition) is 3. The highest BCUT2D eigenvalue weighted by molar-refractivity contribution is 5.22. The standard InChI is InChI=1S/C2H5N.CH3NO/c1-3-2;1-2-3/h1H2,2H3;3H,1H2. The van der Waals surface area contributed by atoms with Gasteiger partial charge < -0.3 is 10.2 Å². The third kappa shape index (κ3) is 19.4. The number of oxime groups is 1. The lowest BCUT2D eigenvalue weighted by Crippen LogP contribution is -1.30. The predicted octanol–water partition coefficient (Wildman–Crippen LogP) is 0.393. The molecule has 0 amide bonds. The second-order valence-electron chi connectivity index (χ2n) is 0.458. The monoisotopic (exact) mass is 88.1 g/mol. The third-order valence-electron chi connectivity index (χ3n) is 0. The maximum Gasteiger partial charge on any atom is 0.0298 e. The smallest absolute Gasteiger partial charge is 0.0298 e. The highest BCUT2D eigenvalue weighted by Gasteiger charge is 1.09. The molecule has 6 heavy (non-hydrogen) atoms. The van der Waals surface area contributed by atoms with Gasteiger partial charge in [-0.15, -0.1) is 5.16 Å². The maximum absolute atomic E-state index is 7.08. The third-order valence-corrected chi connectivity index (χ3v) is 0. The molecule has 0 fully saturated rings. The molecule has 0 rings (SSSR count). The van der Waals surface area contributed by atoms with Gasteiger partial charge in [-0.1, -0.05) is 0 Å². The van der Waals surface area contributed by atoms with E-state index in [-0.39, 0.29) is 0 Å². The van der Waals surface area contributed by atoms with Crippen molar-refractivity contribution >= 4 is 13.4 Å². The van der Waals surface area contributed by atoms with Crippen molar-refractivity contribution < 1.29 is 5.21 Å². The van der Waals surface area contributed by atoms with E-state index in [0.717, 1.165) is 0 Å². The molecule has 0 aromatic heterocycles. The van der Waals surface area contributed by atoms with Crippen LogP contribution in [-0.4, -0.2) is 25.7 Å². The first-order valence-corrected chi connectivity index (χ1v) is 1.28. The molecular weight excluding hydrogens is 80.0 g/mol. The van der Waals surface area contributed by atoms with Crippen LogP contribution in [0.4, 0.5) is 0 Å². The van der Waals surface area contributed by atoms with Gasteiger partial charge in [-0.25, -0.2) is 0 Å². The van der Waals surface area contributed by atoms with Crippen molar-refractivity contribution in [2.45, 2.75) is 0 Å². The van der Waals surface area contributed by atoms with Gasteiger partial charge >= 0.3 is 0 Å². The molecule has 0 aliphatic carbocycles. The van der Waals surface area contributed by atoms with Crippen LogP contribution in [0.25, 0.3) is 0 Å². The zero-order valence-corrected chi connectivity index (χ0v) is 3.76. The van der Waals surface area contributed by atoms with Gasteiger partial charge in [0.2, 0.25) is 0 Å². The summed E-state index contributed by atoms with van der Waals surface area (Å²) in [5.41, 5.74) is 0. The molecule has 0 bridgehead atoms. The van der Waals surface area contributed by atoms with E-state index in [1.54, 1.807) is 7.05 Å². The summed E-state index contributed by atoms with van der Waals surface area (Å²) >= 11 is 0. The quantitative estimate of drug-likeness (QED) is 0.260. The first-order chi connectivity index (χ1) is 2.83. The van der Waals surface area contributed by atoms with Crippen LogP contribution < -0.4 is 0 Å². The lowest BCUT2D eigenvalue weighted by molar-refractivity contribution is 0.323. The van der Waals surface area contributed by atoms with Gasteiger partial charge in [0.25, 0.3) is 0 Å².